The molecule has 2 N–H and O–H groups in total. The molecule has 1 aromatic rings. The molecule has 0 saturated carbocycles. The van der Waals surface area contributed by atoms with Crippen LogP contribution in [0.25, 0.3) is 0 Å². The molecule has 1 aromatic heterocycles. The van der Waals surface area contributed by atoms with E-state index in [4.69, 9.17) is 0 Å². The Bertz CT molecular complexity index is 251. The normalized spacial score (nSPS) is 15.1. The number of aliphatic hydroxyl groups excluding tert-OH is 1. The van der Waals surface area contributed by atoms with Crippen molar-refractivity contribution in [2.24, 2.45) is 0 Å². The van der Waals surface area contributed by atoms with Crippen LogP contribution in [0.15, 0.2) is 24.5 Å². The highest BCUT2D eigenvalue weighted by Crippen LogP contribution is 2.09. The van der Waals surface area contributed by atoms with Gasteiger partial charge in [0, 0.05) is 25.0 Å². The van der Waals surface area contributed by atoms with Crippen LogP contribution in [0, 0.1) is 0 Å². The first-order valence-electron chi connectivity index (χ1n) is 5.05. The lowest BCUT2D eigenvalue weighted by Gasteiger charge is -2.16. The molecular formula is C11H18N2O. The van der Waals surface area contributed by atoms with Gasteiger partial charge >= 0.3 is 0 Å². The van der Waals surface area contributed by atoms with E-state index in [-0.39, 0.29) is 12.1 Å². The van der Waals surface area contributed by atoms with Crippen molar-refractivity contribution in [3.63, 3.8) is 0 Å². The summed E-state index contributed by atoms with van der Waals surface area (Å²) in [5.74, 6) is 0. The molecular weight excluding hydrogens is 176 g/mol. The number of hydrogen-bond donors (Lipinski definition) is 2. The highest BCUT2D eigenvalue weighted by atomic mass is 16.3. The third-order valence-electron chi connectivity index (χ3n) is 2.34. The topological polar surface area (TPSA) is 45.1 Å². The van der Waals surface area contributed by atoms with Crippen LogP contribution >= 0.6 is 0 Å². The molecule has 1 heterocycles. The van der Waals surface area contributed by atoms with Gasteiger partial charge < -0.3 is 10.4 Å². The van der Waals surface area contributed by atoms with Gasteiger partial charge in [0.1, 0.15) is 0 Å². The minimum atomic E-state index is -0.251. The maximum atomic E-state index is 9.38. The molecule has 0 amide bonds. The summed E-state index contributed by atoms with van der Waals surface area (Å²) in [4.78, 5) is 3.96. The van der Waals surface area contributed by atoms with E-state index >= 15 is 0 Å². The lowest BCUT2D eigenvalue weighted by molar-refractivity contribution is 0.164. The second-order valence-electron chi connectivity index (χ2n) is 3.47. The lowest BCUT2D eigenvalue weighted by atomic mass is 10.1. The van der Waals surface area contributed by atoms with Crippen molar-refractivity contribution in [3.05, 3.63) is 30.1 Å². The van der Waals surface area contributed by atoms with Gasteiger partial charge in [-0.3, -0.25) is 4.98 Å². The summed E-state index contributed by atoms with van der Waals surface area (Å²) in [5.41, 5.74) is 1.20. The molecule has 0 aromatic carbocycles. The third-order valence-corrected chi connectivity index (χ3v) is 2.34. The van der Waals surface area contributed by atoms with Gasteiger partial charge in [-0.15, -0.1) is 0 Å². The molecule has 0 aliphatic rings. The van der Waals surface area contributed by atoms with Gasteiger partial charge in [-0.1, -0.05) is 6.92 Å². The van der Waals surface area contributed by atoms with Crippen LogP contribution in [0.3, 0.4) is 0 Å². The maximum absolute atomic E-state index is 9.38. The number of nitrogens with zero attached hydrogens (tertiary/aromatic N) is 1. The van der Waals surface area contributed by atoms with E-state index in [2.05, 4.69) is 17.2 Å². The number of aromatic nitrogens is 1. The van der Waals surface area contributed by atoms with Crippen molar-refractivity contribution >= 4 is 0 Å². The quantitative estimate of drug-likeness (QED) is 0.746. The summed E-state index contributed by atoms with van der Waals surface area (Å²) in [7, 11) is 0. The molecule has 0 spiro atoms. The zero-order valence-corrected chi connectivity index (χ0v) is 8.77. The van der Waals surface area contributed by atoms with E-state index < -0.39 is 0 Å². The molecule has 0 aliphatic heterocycles. The van der Waals surface area contributed by atoms with Crippen molar-refractivity contribution in [3.8, 4) is 0 Å². The summed E-state index contributed by atoms with van der Waals surface area (Å²) < 4.78 is 0. The van der Waals surface area contributed by atoms with E-state index in [0.717, 1.165) is 6.42 Å². The standard InChI is InChI=1S/C11H18N2O/c1-3-11(14)8-13-9(2)10-4-6-12-7-5-10/h4-7,9,11,13-14H,3,8H2,1-2H3/t9-,11?/m0/s1. The van der Waals surface area contributed by atoms with Gasteiger partial charge in [-0.05, 0) is 31.0 Å². The summed E-state index contributed by atoms with van der Waals surface area (Å²) >= 11 is 0. The Balaban J connectivity index is 2.39. The van der Waals surface area contributed by atoms with Crippen molar-refractivity contribution in [2.45, 2.75) is 32.4 Å². The first-order valence-corrected chi connectivity index (χ1v) is 5.05. The molecule has 0 fully saturated rings. The summed E-state index contributed by atoms with van der Waals surface area (Å²) in [6.45, 7) is 4.70. The number of aliphatic hydroxyl groups is 1. The van der Waals surface area contributed by atoms with Crippen LogP contribution in [-0.2, 0) is 0 Å². The molecule has 1 rings (SSSR count). The van der Waals surface area contributed by atoms with E-state index in [1.807, 2.05) is 19.1 Å². The van der Waals surface area contributed by atoms with Gasteiger partial charge in [-0.25, -0.2) is 0 Å². The zero-order chi connectivity index (χ0) is 10.4. The molecule has 3 nitrogen and oxygen atoms in total. The molecule has 0 radical (unpaired) electrons. The Morgan fingerprint density at radius 3 is 2.64 bits per heavy atom. The molecule has 78 valence electrons. The highest BCUT2D eigenvalue weighted by molar-refractivity contribution is 5.13. The third kappa shape index (κ3) is 3.44. The van der Waals surface area contributed by atoms with E-state index in [1.54, 1.807) is 12.4 Å². The minimum Gasteiger partial charge on any atom is -0.392 e. The van der Waals surface area contributed by atoms with Crippen molar-refractivity contribution in [1.29, 1.82) is 0 Å². The average molecular weight is 194 g/mol. The molecule has 14 heavy (non-hydrogen) atoms. The second kappa shape index (κ2) is 5.73. The average Bonchev–Trinajstić information content (AvgIpc) is 2.26. The Morgan fingerprint density at radius 1 is 1.43 bits per heavy atom. The van der Waals surface area contributed by atoms with Crippen LogP contribution < -0.4 is 5.32 Å². The largest absolute Gasteiger partial charge is 0.392 e. The number of hydrogen-bond acceptors (Lipinski definition) is 3. The van der Waals surface area contributed by atoms with Crippen molar-refractivity contribution < 1.29 is 5.11 Å². The van der Waals surface area contributed by atoms with Crippen molar-refractivity contribution in [1.82, 2.24) is 10.3 Å². The molecule has 0 saturated heterocycles. The Morgan fingerprint density at radius 2 is 2.07 bits per heavy atom. The second-order valence-corrected chi connectivity index (χ2v) is 3.47. The highest BCUT2D eigenvalue weighted by Gasteiger charge is 2.06. The van der Waals surface area contributed by atoms with Crippen LogP contribution in [0.1, 0.15) is 31.9 Å². The summed E-state index contributed by atoms with van der Waals surface area (Å²) in [6.07, 6.45) is 4.10. The molecule has 1 unspecified atom stereocenters. The number of pyridine rings is 1. The van der Waals surface area contributed by atoms with Crippen LogP contribution in [-0.4, -0.2) is 22.7 Å². The molecule has 3 heteroatoms. The Kier molecular flexibility index (Phi) is 4.56. The number of nitrogens with one attached hydrogen (secondary N) is 1. The van der Waals surface area contributed by atoms with Crippen LogP contribution in [0.2, 0.25) is 0 Å². The fourth-order valence-electron chi connectivity index (χ4n) is 1.23. The Hall–Kier alpha value is -0.930. The van der Waals surface area contributed by atoms with Gasteiger partial charge in [-0.2, -0.15) is 0 Å². The SMILES string of the molecule is CCC(O)CN[C@@H](C)c1ccncc1. The van der Waals surface area contributed by atoms with Gasteiger partial charge in [0.15, 0.2) is 0 Å². The molecule has 0 aliphatic carbocycles. The van der Waals surface area contributed by atoms with E-state index in [9.17, 15) is 5.11 Å². The van der Waals surface area contributed by atoms with Crippen LogP contribution in [0.5, 0.6) is 0 Å². The van der Waals surface area contributed by atoms with E-state index in [1.165, 1.54) is 5.56 Å². The van der Waals surface area contributed by atoms with Crippen molar-refractivity contribution in [2.75, 3.05) is 6.54 Å². The maximum Gasteiger partial charge on any atom is 0.0662 e. The van der Waals surface area contributed by atoms with Crippen LogP contribution in [0.4, 0.5) is 0 Å². The summed E-state index contributed by atoms with van der Waals surface area (Å²) in [6, 6.07) is 4.23. The first kappa shape index (κ1) is 11.1. The Labute approximate surface area is 85.2 Å². The summed E-state index contributed by atoms with van der Waals surface area (Å²) in [5, 5.41) is 12.7. The lowest BCUT2D eigenvalue weighted by Crippen LogP contribution is -2.28. The fourth-order valence-corrected chi connectivity index (χ4v) is 1.23. The van der Waals surface area contributed by atoms with Gasteiger partial charge in [0.25, 0.3) is 0 Å². The van der Waals surface area contributed by atoms with E-state index in [0.29, 0.717) is 6.54 Å². The number of rotatable bonds is 5. The monoisotopic (exact) mass is 194 g/mol. The smallest absolute Gasteiger partial charge is 0.0662 e. The molecule has 0 bridgehead atoms. The predicted octanol–water partition coefficient (Wildman–Crippen LogP) is 1.50. The predicted molar refractivity (Wildman–Crippen MR) is 57.0 cm³/mol. The minimum absolute atomic E-state index is 0.251. The first-order chi connectivity index (χ1) is 6.74. The van der Waals surface area contributed by atoms with Gasteiger partial charge in [0.05, 0.1) is 6.10 Å². The molecule has 2 atom stereocenters. The zero-order valence-electron chi connectivity index (χ0n) is 8.77. The fraction of sp³-hybridized carbons (Fsp3) is 0.545. The van der Waals surface area contributed by atoms with Gasteiger partial charge in [0.2, 0.25) is 0 Å².